The van der Waals surface area contributed by atoms with E-state index < -0.39 is 23.9 Å². The van der Waals surface area contributed by atoms with E-state index in [-0.39, 0.29) is 41.4 Å². The van der Waals surface area contributed by atoms with Crippen molar-refractivity contribution in [3.05, 3.63) is 107 Å². The molecule has 0 spiro atoms. The summed E-state index contributed by atoms with van der Waals surface area (Å²) in [5.41, 5.74) is 0.654. The fourth-order valence-corrected chi connectivity index (χ4v) is 2.95. The van der Waals surface area contributed by atoms with Gasteiger partial charge in [0.1, 0.15) is 11.5 Å². The molecule has 0 aromatic heterocycles. The van der Waals surface area contributed by atoms with Crippen LogP contribution < -0.4 is 4.74 Å². The summed E-state index contributed by atoms with van der Waals surface area (Å²) in [7, 11) is 0. The normalized spacial score (nSPS) is 9.79. The zero-order valence-electron chi connectivity index (χ0n) is 20.2. The Labute approximate surface area is 221 Å². The molecule has 0 saturated heterocycles. The molecule has 0 aliphatic rings. The average Bonchev–Trinajstić information content (AvgIpc) is 2.93. The Morgan fingerprint density at radius 1 is 0.538 bits per heavy atom. The molecule has 0 saturated carbocycles. The van der Waals surface area contributed by atoms with Gasteiger partial charge in [0.25, 0.3) is 0 Å². The molecule has 0 atom stereocenters. The Hall–Kier alpha value is -5.26. The SMILES string of the molecule is O=C(O)c1ccc(C(=O)O)cc1.O=C(O)c1ccc(OC(=O)c2ccc3cc(O)ccc3c2)cc1.OCCO. The van der Waals surface area contributed by atoms with Crippen molar-refractivity contribution in [1.29, 1.82) is 0 Å². The molecule has 0 aliphatic carbocycles. The van der Waals surface area contributed by atoms with Gasteiger partial charge in [0.05, 0.1) is 35.5 Å². The van der Waals surface area contributed by atoms with Crippen LogP contribution in [0.2, 0.25) is 0 Å². The molecule has 4 aromatic carbocycles. The van der Waals surface area contributed by atoms with Gasteiger partial charge in [-0.25, -0.2) is 19.2 Å². The average molecular weight is 536 g/mol. The van der Waals surface area contributed by atoms with Crippen LogP contribution in [0.3, 0.4) is 0 Å². The van der Waals surface area contributed by atoms with Gasteiger partial charge in [-0.3, -0.25) is 0 Å². The van der Waals surface area contributed by atoms with Crippen LogP contribution >= 0.6 is 0 Å². The molecule has 4 aromatic rings. The summed E-state index contributed by atoms with van der Waals surface area (Å²) in [6.07, 6.45) is 0. The summed E-state index contributed by atoms with van der Waals surface area (Å²) >= 11 is 0. The molecule has 0 heterocycles. The van der Waals surface area contributed by atoms with Crippen LogP contribution in [0.4, 0.5) is 0 Å². The lowest BCUT2D eigenvalue weighted by Gasteiger charge is -2.06. The molecular formula is C28H24O11. The van der Waals surface area contributed by atoms with Gasteiger partial charge >= 0.3 is 23.9 Å². The number of aliphatic hydroxyl groups excluding tert-OH is 2. The summed E-state index contributed by atoms with van der Waals surface area (Å²) in [6, 6.07) is 20.5. The number of rotatable bonds is 6. The lowest BCUT2D eigenvalue weighted by Crippen LogP contribution is -2.08. The molecule has 0 fully saturated rings. The number of ether oxygens (including phenoxy) is 1. The van der Waals surface area contributed by atoms with Crippen LogP contribution in [-0.2, 0) is 0 Å². The number of carbonyl (C=O) groups is 4. The first-order valence-electron chi connectivity index (χ1n) is 11.1. The van der Waals surface area contributed by atoms with Crippen molar-refractivity contribution in [2.45, 2.75) is 0 Å². The second-order valence-electron chi connectivity index (χ2n) is 7.60. The van der Waals surface area contributed by atoms with Crippen molar-refractivity contribution in [3.8, 4) is 11.5 Å². The van der Waals surface area contributed by atoms with E-state index in [9.17, 15) is 24.3 Å². The number of hydrogen-bond acceptors (Lipinski definition) is 8. The summed E-state index contributed by atoms with van der Waals surface area (Å²) in [5.74, 6) is -3.28. The topological polar surface area (TPSA) is 199 Å². The molecular weight excluding hydrogens is 512 g/mol. The highest BCUT2D eigenvalue weighted by molar-refractivity contribution is 5.97. The van der Waals surface area contributed by atoms with Crippen LogP contribution in [-0.4, -0.2) is 67.7 Å². The number of carboxylic acid groups (broad SMARTS) is 3. The van der Waals surface area contributed by atoms with E-state index in [0.29, 0.717) is 5.56 Å². The fourth-order valence-electron chi connectivity index (χ4n) is 2.95. The van der Waals surface area contributed by atoms with Crippen molar-refractivity contribution in [1.82, 2.24) is 0 Å². The van der Waals surface area contributed by atoms with Gasteiger partial charge in [-0.2, -0.15) is 0 Å². The van der Waals surface area contributed by atoms with E-state index in [1.54, 1.807) is 36.4 Å². The monoisotopic (exact) mass is 536 g/mol. The van der Waals surface area contributed by atoms with Crippen LogP contribution in [0.1, 0.15) is 41.4 Å². The zero-order chi connectivity index (χ0) is 28.9. The van der Waals surface area contributed by atoms with Crippen LogP contribution in [0.5, 0.6) is 11.5 Å². The number of hydrogen-bond donors (Lipinski definition) is 6. The first-order chi connectivity index (χ1) is 18.5. The highest BCUT2D eigenvalue weighted by Gasteiger charge is 2.11. The van der Waals surface area contributed by atoms with Crippen molar-refractivity contribution in [3.63, 3.8) is 0 Å². The Morgan fingerprint density at radius 2 is 0.923 bits per heavy atom. The van der Waals surface area contributed by atoms with E-state index in [2.05, 4.69) is 0 Å². The van der Waals surface area contributed by atoms with Gasteiger partial charge < -0.3 is 35.4 Å². The Bertz CT molecular complexity index is 1410. The van der Waals surface area contributed by atoms with E-state index in [4.69, 9.17) is 30.3 Å². The second kappa shape index (κ2) is 14.5. The summed E-state index contributed by atoms with van der Waals surface area (Å²) in [4.78, 5) is 43.6. The highest BCUT2D eigenvalue weighted by Crippen LogP contribution is 2.22. The maximum atomic E-state index is 12.2. The third kappa shape index (κ3) is 9.28. The number of phenolic OH excluding ortho intramolecular Hbond substituents is 1. The van der Waals surface area contributed by atoms with Crippen LogP contribution in [0, 0.1) is 0 Å². The Morgan fingerprint density at radius 3 is 1.36 bits per heavy atom. The van der Waals surface area contributed by atoms with Crippen molar-refractivity contribution in [2.24, 2.45) is 0 Å². The molecule has 202 valence electrons. The quantitative estimate of drug-likeness (QED) is 0.156. The number of aromatic carboxylic acids is 3. The molecule has 0 bridgehead atoms. The molecule has 0 aliphatic heterocycles. The smallest absolute Gasteiger partial charge is 0.343 e. The second-order valence-corrected chi connectivity index (χ2v) is 7.60. The van der Waals surface area contributed by atoms with Gasteiger partial charge in [0, 0.05) is 0 Å². The maximum Gasteiger partial charge on any atom is 0.343 e. The van der Waals surface area contributed by atoms with Crippen molar-refractivity contribution < 1.29 is 54.6 Å². The standard InChI is InChI=1S/C18H12O5.C8H6O4.C2H6O2/c19-15-6-3-12-9-14(2-1-13(12)10-15)18(22)23-16-7-4-11(5-8-16)17(20)21;9-7(10)5-1-2-6(4-3-5)8(11)12;3-1-2-4/h1-10,19H,(H,20,21);1-4H,(H,9,10)(H,11,12);3-4H,1-2H2. The maximum absolute atomic E-state index is 12.2. The largest absolute Gasteiger partial charge is 0.508 e. The van der Waals surface area contributed by atoms with Gasteiger partial charge in [-0.05, 0) is 83.6 Å². The number of benzene rings is 4. The summed E-state index contributed by atoms with van der Waals surface area (Å²) in [6.45, 7) is -0.250. The van der Waals surface area contributed by atoms with Gasteiger partial charge in [-0.1, -0.05) is 12.1 Å². The number of fused-ring (bicyclic) bond motifs is 1. The molecule has 0 amide bonds. The first-order valence-corrected chi connectivity index (χ1v) is 11.1. The minimum atomic E-state index is -1.06. The number of esters is 1. The minimum absolute atomic E-state index is 0.0833. The van der Waals surface area contributed by atoms with E-state index in [0.717, 1.165) is 10.8 Å². The number of carboxylic acids is 3. The van der Waals surface area contributed by atoms with Crippen molar-refractivity contribution in [2.75, 3.05) is 13.2 Å². The summed E-state index contributed by atoms with van der Waals surface area (Å²) in [5, 5.41) is 52.1. The Kier molecular flexibility index (Phi) is 11.1. The molecule has 6 N–H and O–H groups in total. The summed E-state index contributed by atoms with van der Waals surface area (Å²) < 4.78 is 5.23. The van der Waals surface area contributed by atoms with Crippen LogP contribution in [0.15, 0.2) is 84.9 Å². The molecule has 4 rings (SSSR count). The zero-order valence-corrected chi connectivity index (χ0v) is 20.2. The Balaban J connectivity index is 0.000000279. The number of aromatic hydroxyl groups is 1. The van der Waals surface area contributed by atoms with Crippen LogP contribution in [0.25, 0.3) is 10.8 Å². The van der Waals surface area contributed by atoms with E-state index in [1.165, 1.54) is 48.5 Å². The fraction of sp³-hybridized carbons (Fsp3) is 0.0714. The molecule has 11 heteroatoms. The third-order valence-corrected chi connectivity index (χ3v) is 4.85. The van der Waals surface area contributed by atoms with Gasteiger partial charge in [-0.15, -0.1) is 0 Å². The first kappa shape index (κ1) is 30.0. The van der Waals surface area contributed by atoms with E-state index >= 15 is 0 Å². The van der Waals surface area contributed by atoms with Gasteiger partial charge in [0.15, 0.2) is 0 Å². The lowest BCUT2D eigenvalue weighted by molar-refractivity contribution is 0.0681. The van der Waals surface area contributed by atoms with E-state index in [1.807, 2.05) is 0 Å². The van der Waals surface area contributed by atoms with Crippen molar-refractivity contribution >= 4 is 34.6 Å². The molecule has 0 unspecified atom stereocenters. The molecule has 0 radical (unpaired) electrons. The molecule has 11 nitrogen and oxygen atoms in total. The predicted octanol–water partition coefficient (Wildman–Crippen LogP) is 3.52. The number of carbonyl (C=O) groups excluding carboxylic acids is 1. The third-order valence-electron chi connectivity index (χ3n) is 4.85. The number of aliphatic hydroxyl groups is 2. The molecule has 39 heavy (non-hydrogen) atoms. The lowest BCUT2D eigenvalue weighted by atomic mass is 10.1. The predicted molar refractivity (Wildman–Crippen MR) is 139 cm³/mol. The highest BCUT2D eigenvalue weighted by atomic mass is 16.5. The van der Waals surface area contributed by atoms with Gasteiger partial charge in [0.2, 0.25) is 0 Å². The minimum Gasteiger partial charge on any atom is -0.508 e. The number of phenols is 1.